The molecule has 2 aliphatic rings. The topological polar surface area (TPSA) is 126 Å². The Balaban J connectivity index is 1.48. The Morgan fingerprint density at radius 3 is 2.41 bits per heavy atom. The van der Waals surface area contributed by atoms with Crippen LogP contribution in [0.1, 0.15) is 40.4 Å². The SMILES string of the molecule is C=CCN1CC(=O)N2[C@@H](Cc3ccc(O)cc3)C(=O)N(Cc3cccc(C(=O)NCCC)c3)C[C@@H]2N1C(=O)NCc1ccccc1. The van der Waals surface area contributed by atoms with Crippen molar-refractivity contribution in [3.05, 3.63) is 114 Å². The summed E-state index contributed by atoms with van der Waals surface area (Å²) in [6.07, 6.45) is 1.84. The molecule has 0 saturated carbocycles. The van der Waals surface area contributed by atoms with Gasteiger partial charge >= 0.3 is 6.03 Å². The number of aromatic hydroxyl groups is 1. The molecule has 0 aliphatic carbocycles. The van der Waals surface area contributed by atoms with Crippen molar-refractivity contribution < 1.29 is 24.3 Å². The first-order valence-electron chi connectivity index (χ1n) is 15.5. The normalized spacial score (nSPS) is 18.2. The molecule has 0 spiro atoms. The Hall–Kier alpha value is -5.16. The van der Waals surface area contributed by atoms with Gasteiger partial charge < -0.3 is 25.5 Å². The Morgan fingerprint density at radius 1 is 0.957 bits per heavy atom. The molecule has 3 aromatic rings. The zero-order valence-corrected chi connectivity index (χ0v) is 26.0. The van der Waals surface area contributed by atoms with Gasteiger partial charge in [-0.05, 0) is 47.4 Å². The predicted octanol–water partition coefficient (Wildman–Crippen LogP) is 3.27. The number of hydrogen-bond acceptors (Lipinski definition) is 6. The van der Waals surface area contributed by atoms with E-state index < -0.39 is 18.2 Å². The first kappa shape index (κ1) is 32.2. The smallest absolute Gasteiger partial charge is 0.334 e. The van der Waals surface area contributed by atoms with E-state index in [1.54, 1.807) is 58.4 Å². The van der Waals surface area contributed by atoms with Gasteiger partial charge in [-0.15, -0.1) is 6.58 Å². The number of nitrogens with zero attached hydrogens (tertiary/aromatic N) is 4. The van der Waals surface area contributed by atoms with Crippen molar-refractivity contribution in [3.8, 4) is 5.75 Å². The van der Waals surface area contributed by atoms with Crippen LogP contribution in [-0.4, -0.2) is 87.1 Å². The molecule has 11 heteroatoms. The van der Waals surface area contributed by atoms with E-state index in [2.05, 4.69) is 17.2 Å². The Bertz CT molecular complexity index is 1560. The second-order valence-electron chi connectivity index (χ2n) is 11.5. The molecule has 0 unspecified atom stereocenters. The molecule has 46 heavy (non-hydrogen) atoms. The van der Waals surface area contributed by atoms with Crippen LogP contribution < -0.4 is 10.6 Å². The third-order valence-corrected chi connectivity index (χ3v) is 8.13. The summed E-state index contributed by atoms with van der Waals surface area (Å²) < 4.78 is 0. The van der Waals surface area contributed by atoms with E-state index in [4.69, 9.17) is 0 Å². The molecule has 2 heterocycles. The zero-order chi connectivity index (χ0) is 32.6. The van der Waals surface area contributed by atoms with E-state index in [1.807, 2.05) is 43.3 Å². The van der Waals surface area contributed by atoms with Gasteiger partial charge in [-0.3, -0.25) is 14.4 Å². The molecule has 3 N–H and O–H groups in total. The van der Waals surface area contributed by atoms with Gasteiger partial charge in [0, 0.05) is 38.2 Å². The summed E-state index contributed by atoms with van der Waals surface area (Å²) in [4.78, 5) is 57.7. The van der Waals surface area contributed by atoms with Crippen LogP contribution in [0.4, 0.5) is 4.79 Å². The third kappa shape index (κ3) is 7.37. The van der Waals surface area contributed by atoms with Gasteiger partial charge in [-0.2, -0.15) is 0 Å². The number of carbonyl (C=O) groups excluding carboxylic acids is 4. The number of hydrogen-bond donors (Lipinski definition) is 3. The van der Waals surface area contributed by atoms with Crippen molar-refractivity contribution in [3.63, 3.8) is 0 Å². The maximum atomic E-state index is 14.2. The lowest BCUT2D eigenvalue weighted by Gasteiger charge is -2.55. The summed E-state index contributed by atoms with van der Waals surface area (Å²) in [5.41, 5.74) is 2.92. The summed E-state index contributed by atoms with van der Waals surface area (Å²) in [6, 6.07) is 21.9. The van der Waals surface area contributed by atoms with E-state index in [-0.39, 0.29) is 62.6 Å². The van der Waals surface area contributed by atoms with Crippen molar-refractivity contribution in [1.29, 1.82) is 0 Å². The molecule has 2 aliphatic heterocycles. The fourth-order valence-electron chi connectivity index (χ4n) is 5.93. The molecule has 5 rings (SSSR count). The second kappa shape index (κ2) is 14.7. The number of benzene rings is 3. The van der Waals surface area contributed by atoms with Crippen LogP contribution in [0.25, 0.3) is 0 Å². The summed E-state index contributed by atoms with van der Waals surface area (Å²) in [5.74, 6) is -0.633. The molecule has 2 fully saturated rings. The third-order valence-electron chi connectivity index (χ3n) is 8.13. The number of nitrogens with one attached hydrogen (secondary N) is 2. The Kier molecular flexibility index (Phi) is 10.3. The van der Waals surface area contributed by atoms with Gasteiger partial charge in [0.15, 0.2) is 0 Å². The molecule has 3 aromatic carbocycles. The standard InChI is InChI=1S/C35H40N6O5/c1-3-17-36-33(44)28-12-8-11-27(19-28)22-38-23-31-40(30(34(38)45)20-25-13-15-29(42)16-14-25)32(43)24-39(18-4-2)41(31)35(46)37-21-26-9-6-5-7-10-26/h4-16,19,30-31,42H,2-3,17-18,20-24H2,1H3,(H,36,44)(H,37,46)/t30-,31-/m0/s1. The van der Waals surface area contributed by atoms with E-state index in [0.717, 1.165) is 23.1 Å². The van der Waals surface area contributed by atoms with Gasteiger partial charge in [-0.1, -0.05) is 67.6 Å². The van der Waals surface area contributed by atoms with Crippen molar-refractivity contribution in [2.24, 2.45) is 0 Å². The highest BCUT2D eigenvalue weighted by Gasteiger charge is 2.51. The predicted molar refractivity (Wildman–Crippen MR) is 173 cm³/mol. The van der Waals surface area contributed by atoms with Crippen molar-refractivity contribution in [2.75, 3.05) is 26.2 Å². The minimum atomic E-state index is -0.901. The molecular formula is C35H40N6O5. The van der Waals surface area contributed by atoms with Gasteiger partial charge in [-0.25, -0.2) is 14.8 Å². The van der Waals surface area contributed by atoms with Gasteiger partial charge in [0.05, 0.1) is 13.1 Å². The number of rotatable bonds is 11. The summed E-state index contributed by atoms with van der Waals surface area (Å²) in [7, 11) is 0. The molecule has 2 atom stereocenters. The van der Waals surface area contributed by atoms with Crippen LogP contribution in [0, 0.1) is 0 Å². The van der Waals surface area contributed by atoms with Gasteiger partial charge in [0.2, 0.25) is 11.8 Å². The van der Waals surface area contributed by atoms with Crippen LogP contribution in [0.3, 0.4) is 0 Å². The molecule has 11 nitrogen and oxygen atoms in total. The van der Waals surface area contributed by atoms with Crippen molar-refractivity contribution in [1.82, 2.24) is 30.5 Å². The maximum absolute atomic E-state index is 14.2. The lowest BCUT2D eigenvalue weighted by molar-refractivity contribution is -0.189. The van der Waals surface area contributed by atoms with E-state index in [9.17, 15) is 24.3 Å². The lowest BCUT2D eigenvalue weighted by Crippen LogP contribution is -2.76. The second-order valence-corrected chi connectivity index (χ2v) is 11.5. The molecule has 5 amide bonds. The molecule has 0 radical (unpaired) electrons. The first-order valence-corrected chi connectivity index (χ1v) is 15.5. The number of carbonyl (C=O) groups is 4. The summed E-state index contributed by atoms with van der Waals surface area (Å²) in [5, 5.41) is 18.9. The highest BCUT2D eigenvalue weighted by Crippen LogP contribution is 2.30. The number of piperazine rings is 1. The number of hydrazine groups is 1. The monoisotopic (exact) mass is 624 g/mol. The van der Waals surface area contributed by atoms with E-state index in [1.165, 1.54) is 9.91 Å². The number of phenolic OH excluding ortho intramolecular Hbond substituents is 1. The number of phenols is 1. The summed E-state index contributed by atoms with van der Waals surface area (Å²) >= 11 is 0. The summed E-state index contributed by atoms with van der Waals surface area (Å²) in [6.45, 7) is 7.04. The van der Waals surface area contributed by atoms with Crippen LogP contribution in [0.2, 0.25) is 0 Å². The average Bonchev–Trinajstić information content (AvgIpc) is 3.06. The number of amides is 5. The lowest BCUT2D eigenvalue weighted by atomic mass is 9.98. The quantitative estimate of drug-likeness (QED) is 0.282. The van der Waals surface area contributed by atoms with Crippen molar-refractivity contribution >= 4 is 23.8 Å². The average molecular weight is 625 g/mol. The number of urea groups is 1. The fourth-order valence-corrected chi connectivity index (χ4v) is 5.93. The number of fused-ring (bicyclic) bond motifs is 1. The van der Waals surface area contributed by atoms with Crippen LogP contribution in [0.15, 0.2) is 91.5 Å². The molecular weight excluding hydrogens is 584 g/mol. The fraction of sp³-hybridized carbons (Fsp3) is 0.314. The Morgan fingerprint density at radius 2 is 1.70 bits per heavy atom. The van der Waals surface area contributed by atoms with E-state index >= 15 is 0 Å². The highest BCUT2D eigenvalue weighted by molar-refractivity contribution is 5.94. The Labute approximate surface area is 269 Å². The van der Waals surface area contributed by atoms with Crippen LogP contribution in [-0.2, 0) is 29.1 Å². The van der Waals surface area contributed by atoms with E-state index in [0.29, 0.717) is 12.1 Å². The molecule has 240 valence electrons. The van der Waals surface area contributed by atoms with Crippen LogP contribution in [0.5, 0.6) is 5.75 Å². The van der Waals surface area contributed by atoms with Gasteiger partial charge in [0.25, 0.3) is 5.91 Å². The highest BCUT2D eigenvalue weighted by atomic mass is 16.3. The maximum Gasteiger partial charge on any atom is 0.334 e. The molecule has 2 saturated heterocycles. The van der Waals surface area contributed by atoms with Crippen molar-refractivity contribution in [2.45, 2.75) is 45.1 Å². The van der Waals surface area contributed by atoms with Gasteiger partial charge in [0.1, 0.15) is 18.0 Å². The van der Waals surface area contributed by atoms with Crippen LogP contribution >= 0.6 is 0 Å². The zero-order valence-electron chi connectivity index (χ0n) is 26.0. The minimum absolute atomic E-state index is 0.0648. The first-order chi connectivity index (χ1) is 22.3. The molecule has 0 aromatic heterocycles. The largest absolute Gasteiger partial charge is 0.508 e. The minimum Gasteiger partial charge on any atom is -0.508 e. The molecule has 0 bridgehead atoms.